The number of hydrogen-bond acceptors (Lipinski definition) is 5. The van der Waals surface area contributed by atoms with E-state index >= 15 is 0 Å². The van der Waals surface area contributed by atoms with Gasteiger partial charge in [-0.25, -0.2) is 4.79 Å². The first-order valence-corrected chi connectivity index (χ1v) is 12.0. The van der Waals surface area contributed by atoms with Crippen LogP contribution in [0.3, 0.4) is 0 Å². The summed E-state index contributed by atoms with van der Waals surface area (Å²) in [6.07, 6.45) is -1.29. The predicted octanol–water partition coefficient (Wildman–Crippen LogP) is 3.53. The highest BCUT2D eigenvalue weighted by Gasteiger charge is 2.29. The van der Waals surface area contributed by atoms with Crippen LogP contribution < -0.4 is 10.6 Å². The van der Waals surface area contributed by atoms with E-state index in [9.17, 15) is 19.5 Å². The molecule has 0 aliphatic heterocycles. The number of hydrogen-bond donors (Lipinski definition) is 4. The van der Waals surface area contributed by atoms with Crippen molar-refractivity contribution in [1.29, 1.82) is 0 Å². The summed E-state index contributed by atoms with van der Waals surface area (Å²) in [6.45, 7) is 4.26. The van der Waals surface area contributed by atoms with Crippen molar-refractivity contribution >= 4 is 18.0 Å². The molecule has 0 saturated heterocycles. The lowest BCUT2D eigenvalue weighted by Gasteiger charge is -2.19. The van der Waals surface area contributed by atoms with Gasteiger partial charge >= 0.3 is 12.1 Å². The molecule has 8 nitrogen and oxygen atoms in total. The monoisotopic (exact) mass is 482 g/mol. The van der Waals surface area contributed by atoms with Gasteiger partial charge in [0.25, 0.3) is 0 Å². The van der Waals surface area contributed by atoms with Gasteiger partial charge in [-0.2, -0.15) is 0 Å². The average molecular weight is 483 g/mol. The number of carbonyl (C=O) groups is 3. The SMILES string of the molecule is CC(C)CC(CNC(=O)CC(O)CNC(=O)OCC1c2ccccc2-c2ccccc21)CC(=O)O. The first-order valence-electron chi connectivity index (χ1n) is 12.0. The van der Waals surface area contributed by atoms with Crippen LogP contribution >= 0.6 is 0 Å². The molecule has 1 aliphatic rings. The number of fused-ring (bicyclic) bond motifs is 3. The first-order chi connectivity index (χ1) is 16.7. The highest BCUT2D eigenvalue weighted by molar-refractivity contribution is 5.79. The van der Waals surface area contributed by atoms with Gasteiger partial charge in [0.15, 0.2) is 0 Å². The molecule has 2 aromatic rings. The van der Waals surface area contributed by atoms with Gasteiger partial charge in [-0.05, 0) is 40.5 Å². The van der Waals surface area contributed by atoms with E-state index in [1.54, 1.807) is 0 Å². The van der Waals surface area contributed by atoms with Crippen LogP contribution in [0.4, 0.5) is 4.79 Å². The van der Waals surface area contributed by atoms with Crippen LogP contribution in [0.15, 0.2) is 48.5 Å². The van der Waals surface area contributed by atoms with E-state index in [1.807, 2.05) is 50.2 Å². The maximum absolute atomic E-state index is 12.2. The Morgan fingerprint density at radius 1 is 0.914 bits per heavy atom. The molecule has 3 rings (SSSR count). The van der Waals surface area contributed by atoms with Gasteiger partial charge in [0, 0.05) is 25.4 Å². The number of benzene rings is 2. The largest absolute Gasteiger partial charge is 0.481 e. The number of carbonyl (C=O) groups excluding carboxylic acids is 2. The lowest BCUT2D eigenvalue weighted by atomic mass is 9.94. The molecule has 0 heterocycles. The van der Waals surface area contributed by atoms with Gasteiger partial charge in [0.2, 0.25) is 5.91 Å². The van der Waals surface area contributed by atoms with Crippen molar-refractivity contribution in [2.45, 2.75) is 45.1 Å². The Morgan fingerprint density at radius 2 is 1.51 bits per heavy atom. The third-order valence-corrected chi connectivity index (χ3v) is 6.10. The molecule has 4 N–H and O–H groups in total. The molecule has 2 amide bonds. The van der Waals surface area contributed by atoms with E-state index in [0.29, 0.717) is 12.3 Å². The van der Waals surface area contributed by atoms with Crippen molar-refractivity contribution < 1.29 is 29.3 Å². The minimum atomic E-state index is -1.08. The third kappa shape index (κ3) is 7.55. The fourth-order valence-corrected chi connectivity index (χ4v) is 4.62. The number of aliphatic carboxylic acids is 1. The number of aliphatic hydroxyl groups excluding tert-OH is 1. The summed E-state index contributed by atoms with van der Waals surface area (Å²) in [6, 6.07) is 16.1. The van der Waals surface area contributed by atoms with Gasteiger partial charge in [0.1, 0.15) is 6.61 Å². The molecule has 0 fully saturated rings. The summed E-state index contributed by atoms with van der Waals surface area (Å²) in [7, 11) is 0. The quantitative estimate of drug-likeness (QED) is 0.367. The van der Waals surface area contributed by atoms with Gasteiger partial charge < -0.3 is 25.6 Å². The summed E-state index contributed by atoms with van der Waals surface area (Å²) in [5.41, 5.74) is 4.49. The van der Waals surface area contributed by atoms with E-state index in [1.165, 1.54) is 0 Å². The molecule has 0 radical (unpaired) electrons. The zero-order chi connectivity index (χ0) is 25.4. The molecule has 1 aliphatic carbocycles. The number of alkyl carbamates (subject to hydrolysis) is 1. The van der Waals surface area contributed by atoms with Crippen molar-refractivity contribution in [3.63, 3.8) is 0 Å². The molecule has 8 heteroatoms. The Kier molecular flexibility index (Phi) is 9.25. The van der Waals surface area contributed by atoms with Crippen LogP contribution in [0.25, 0.3) is 11.1 Å². The molecule has 0 spiro atoms. The van der Waals surface area contributed by atoms with Gasteiger partial charge in [-0.15, -0.1) is 0 Å². The number of ether oxygens (including phenoxy) is 1. The lowest BCUT2D eigenvalue weighted by Crippen LogP contribution is -2.38. The minimum Gasteiger partial charge on any atom is -0.481 e. The van der Waals surface area contributed by atoms with Crippen LogP contribution in [0, 0.1) is 11.8 Å². The second kappa shape index (κ2) is 12.4. The molecule has 188 valence electrons. The van der Waals surface area contributed by atoms with Crippen LogP contribution in [0.2, 0.25) is 0 Å². The second-order valence-electron chi connectivity index (χ2n) is 9.46. The van der Waals surface area contributed by atoms with E-state index in [2.05, 4.69) is 22.8 Å². The Morgan fingerprint density at radius 3 is 2.09 bits per heavy atom. The standard InChI is InChI=1S/C27H34N2O6/c1-17(2)11-18(12-26(32)33)14-28-25(31)13-19(30)15-29-27(34)35-16-24-22-9-5-3-7-20(22)21-8-4-6-10-23(21)24/h3-10,17-19,24,30H,11-16H2,1-2H3,(H,28,31)(H,29,34)(H,32,33). The van der Waals surface area contributed by atoms with Crippen molar-refractivity contribution in [3.8, 4) is 11.1 Å². The van der Waals surface area contributed by atoms with Crippen molar-refractivity contribution in [2.24, 2.45) is 11.8 Å². The molecule has 2 aromatic carbocycles. The zero-order valence-electron chi connectivity index (χ0n) is 20.2. The Balaban J connectivity index is 1.41. The summed E-state index contributed by atoms with van der Waals surface area (Å²) in [5.74, 6) is -1.23. The number of carboxylic acids is 1. The summed E-state index contributed by atoms with van der Waals surface area (Å²) < 4.78 is 5.43. The number of amides is 2. The van der Waals surface area contributed by atoms with Crippen LogP contribution in [-0.2, 0) is 14.3 Å². The fraction of sp³-hybridized carbons (Fsp3) is 0.444. The summed E-state index contributed by atoms with van der Waals surface area (Å²) >= 11 is 0. The molecule has 35 heavy (non-hydrogen) atoms. The van der Waals surface area contributed by atoms with Crippen LogP contribution in [0.5, 0.6) is 0 Å². The maximum atomic E-state index is 12.2. The Labute approximate surface area is 205 Å². The van der Waals surface area contributed by atoms with Gasteiger partial charge in [-0.3, -0.25) is 9.59 Å². The molecule has 2 unspecified atom stereocenters. The number of nitrogens with one attached hydrogen (secondary N) is 2. The molecular weight excluding hydrogens is 448 g/mol. The predicted molar refractivity (Wildman–Crippen MR) is 132 cm³/mol. The Hall–Kier alpha value is -3.39. The normalized spacial score (nSPS) is 14.1. The van der Waals surface area contributed by atoms with Crippen molar-refractivity contribution in [3.05, 3.63) is 59.7 Å². The summed E-state index contributed by atoms with van der Waals surface area (Å²) in [4.78, 5) is 35.4. The van der Waals surface area contributed by atoms with Crippen molar-refractivity contribution in [2.75, 3.05) is 19.7 Å². The maximum Gasteiger partial charge on any atom is 0.407 e. The molecule has 2 atom stereocenters. The number of aliphatic hydroxyl groups is 1. The van der Waals surface area contributed by atoms with Gasteiger partial charge in [-0.1, -0.05) is 62.4 Å². The van der Waals surface area contributed by atoms with Crippen molar-refractivity contribution in [1.82, 2.24) is 10.6 Å². The molecular formula is C27H34N2O6. The van der Waals surface area contributed by atoms with Crippen LogP contribution in [0.1, 0.15) is 50.2 Å². The van der Waals surface area contributed by atoms with E-state index in [-0.39, 0.29) is 44.4 Å². The van der Waals surface area contributed by atoms with E-state index < -0.39 is 24.1 Å². The number of rotatable bonds is 12. The van der Waals surface area contributed by atoms with Crippen LogP contribution in [-0.4, -0.2) is 54.0 Å². The minimum absolute atomic E-state index is 0.0235. The molecule has 0 bridgehead atoms. The van der Waals surface area contributed by atoms with Gasteiger partial charge in [0.05, 0.1) is 12.5 Å². The molecule has 0 saturated carbocycles. The zero-order valence-corrected chi connectivity index (χ0v) is 20.2. The fourth-order valence-electron chi connectivity index (χ4n) is 4.62. The highest BCUT2D eigenvalue weighted by Crippen LogP contribution is 2.44. The smallest absolute Gasteiger partial charge is 0.407 e. The topological polar surface area (TPSA) is 125 Å². The Bertz CT molecular complexity index is 992. The lowest BCUT2D eigenvalue weighted by molar-refractivity contribution is -0.138. The number of carboxylic acid groups (broad SMARTS) is 1. The summed E-state index contributed by atoms with van der Waals surface area (Å²) in [5, 5.41) is 24.4. The highest BCUT2D eigenvalue weighted by atomic mass is 16.5. The third-order valence-electron chi connectivity index (χ3n) is 6.10. The van der Waals surface area contributed by atoms with E-state index in [4.69, 9.17) is 9.84 Å². The second-order valence-corrected chi connectivity index (χ2v) is 9.46. The first kappa shape index (κ1) is 26.2. The van der Waals surface area contributed by atoms with E-state index in [0.717, 1.165) is 22.3 Å². The molecule has 0 aromatic heterocycles. The average Bonchev–Trinajstić information content (AvgIpc) is 3.13.